The molecule has 0 fully saturated rings. The van der Waals surface area contributed by atoms with Crippen LogP contribution in [0.1, 0.15) is 24.8 Å². The third-order valence-electron chi connectivity index (χ3n) is 3.49. The number of halogens is 1. The number of aromatic nitrogens is 2. The van der Waals surface area contributed by atoms with Crippen LogP contribution in [0.5, 0.6) is 0 Å². The van der Waals surface area contributed by atoms with Gasteiger partial charge in [-0.05, 0) is 36.5 Å². The highest BCUT2D eigenvalue weighted by Gasteiger charge is 2.15. The zero-order chi connectivity index (χ0) is 16.1. The van der Waals surface area contributed by atoms with Crippen LogP contribution < -0.4 is 5.32 Å². The first-order valence-corrected chi connectivity index (χ1v) is 9.16. The average molecular weight is 349 g/mol. The molecule has 0 spiro atoms. The van der Waals surface area contributed by atoms with Crippen LogP contribution in [0.15, 0.2) is 40.8 Å². The molecule has 0 radical (unpaired) electrons. The third kappa shape index (κ3) is 4.87. The van der Waals surface area contributed by atoms with Gasteiger partial charge in [-0.2, -0.15) is 0 Å². The van der Waals surface area contributed by atoms with Crippen molar-refractivity contribution in [2.45, 2.75) is 29.4 Å². The Morgan fingerprint density at radius 2 is 2.17 bits per heavy atom. The number of nitrogens with zero attached hydrogens (tertiary/aromatic N) is 2. The number of carbonyl (C=O) groups is 1. The summed E-state index contributed by atoms with van der Waals surface area (Å²) in [5.74, 6) is 0.773. The van der Waals surface area contributed by atoms with Crippen molar-refractivity contribution in [2.75, 3.05) is 5.32 Å². The minimum atomic E-state index is -0.239. The van der Waals surface area contributed by atoms with Crippen LogP contribution in [0.2, 0.25) is 0 Å². The van der Waals surface area contributed by atoms with Crippen LogP contribution in [0.3, 0.4) is 0 Å². The first kappa shape index (κ1) is 16.1. The topological polar surface area (TPSA) is 54.9 Å². The second-order valence-electron chi connectivity index (χ2n) is 5.31. The van der Waals surface area contributed by atoms with Gasteiger partial charge >= 0.3 is 0 Å². The van der Waals surface area contributed by atoms with E-state index in [9.17, 15) is 9.18 Å². The molecule has 120 valence electrons. The van der Waals surface area contributed by atoms with Crippen molar-refractivity contribution in [3.05, 3.63) is 47.8 Å². The number of hydrogen-bond donors (Lipinski definition) is 1. The van der Waals surface area contributed by atoms with E-state index in [1.165, 1.54) is 35.2 Å². The molecule has 1 atom stereocenters. The summed E-state index contributed by atoms with van der Waals surface area (Å²) >= 11 is 2.88. The molecule has 23 heavy (non-hydrogen) atoms. The summed E-state index contributed by atoms with van der Waals surface area (Å²) in [6.07, 6.45) is 6.81. The summed E-state index contributed by atoms with van der Waals surface area (Å²) in [5, 5.41) is 11.4. The summed E-state index contributed by atoms with van der Waals surface area (Å²) in [6, 6.07) is 6.39. The first-order chi connectivity index (χ1) is 11.2. The molecule has 0 saturated carbocycles. The van der Waals surface area contributed by atoms with E-state index >= 15 is 0 Å². The maximum Gasteiger partial charge on any atom is 0.226 e. The molecule has 7 heteroatoms. The molecule has 1 aromatic heterocycles. The Balaban J connectivity index is 1.48. The van der Waals surface area contributed by atoms with E-state index in [2.05, 4.69) is 27.7 Å². The zero-order valence-corrected chi connectivity index (χ0v) is 14.0. The molecule has 2 aromatic rings. The van der Waals surface area contributed by atoms with E-state index in [-0.39, 0.29) is 11.7 Å². The number of allylic oxidation sites excluding steroid dienone is 2. The van der Waals surface area contributed by atoms with E-state index in [1.54, 1.807) is 12.1 Å². The van der Waals surface area contributed by atoms with Crippen molar-refractivity contribution in [1.29, 1.82) is 0 Å². The van der Waals surface area contributed by atoms with Crippen molar-refractivity contribution >= 4 is 34.1 Å². The molecule has 1 amide bonds. The number of carbonyl (C=O) groups excluding carboxylic acids is 1. The number of benzene rings is 1. The highest BCUT2D eigenvalue weighted by Crippen LogP contribution is 2.29. The lowest BCUT2D eigenvalue weighted by molar-refractivity contribution is -0.116. The third-order valence-corrected chi connectivity index (χ3v) is 5.53. The van der Waals surface area contributed by atoms with Gasteiger partial charge in [0, 0.05) is 12.2 Å². The van der Waals surface area contributed by atoms with E-state index < -0.39 is 0 Å². The van der Waals surface area contributed by atoms with Crippen molar-refractivity contribution in [2.24, 2.45) is 5.92 Å². The summed E-state index contributed by atoms with van der Waals surface area (Å²) in [4.78, 5) is 11.9. The molecule has 0 aliphatic heterocycles. The van der Waals surface area contributed by atoms with Gasteiger partial charge in [0.05, 0.1) is 0 Å². The maximum absolute atomic E-state index is 12.8. The molecule has 3 rings (SSSR count). The average Bonchev–Trinajstić information content (AvgIpc) is 3.19. The number of rotatable bonds is 6. The van der Waals surface area contributed by atoms with Gasteiger partial charge in [0.1, 0.15) is 5.82 Å². The number of anilines is 1. The van der Waals surface area contributed by atoms with Gasteiger partial charge < -0.3 is 5.32 Å². The van der Waals surface area contributed by atoms with Gasteiger partial charge in [0.2, 0.25) is 11.0 Å². The zero-order valence-electron chi connectivity index (χ0n) is 12.4. The SMILES string of the molecule is O=C(CC1C=CCC1)Nc1nnc(SCc2ccc(F)cc2)s1. The normalized spacial score (nSPS) is 16.7. The van der Waals surface area contributed by atoms with Gasteiger partial charge in [0.25, 0.3) is 0 Å². The van der Waals surface area contributed by atoms with Gasteiger partial charge in [-0.25, -0.2) is 4.39 Å². The van der Waals surface area contributed by atoms with E-state index in [0.29, 0.717) is 23.2 Å². The quantitative estimate of drug-likeness (QED) is 0.481. The Morgan fingerprint density at radius 3 is 2.91 bits per heavy atom. The summed E-state index contributed by atoms with van der Waals surface area (Å²) in [5.41, 5.74) is 1.02. The second kappa shape index (κ2) is 7.70. The molecule has 1 heterocycles. The number of hydrogen-bond acceptors (Lipinski definition) is 5. The lowest BCUT2D eigenvalue weighted by atomic mass is 10.1. The van der Waals surface area contributed by atoms with Crippen LogP contribution in [-0.4, -0.2) is 16.1 Å². The molecule has 1 aliphatic carbocycles. The van der Waals surface area contributed by atoms with E-state index in [1.807, 2.05) is 0 Å². The fourth-order valence-corrected chi connectivity index (χ4v) is 4.04. The monoisotopic (exact) mass is 349 g/mol. The van der Waals surface area contributed by atoms with Crippen molar-refractivity contribution in [3.63, 3.8) is 0 Å². The largest absolute Gasteiger partial charge is 0.300 e. The van der Waals surface area contributed by atoms with E-state index in [0.717, 1.165) is 22.7 Å². The van der Waals surface area contributed by atoms with Crippen molar-refractivity contribution in [1.82, 2.24) is 10.2 Å². The molecular formula is C16H16FN3OS2. The Labute approximate surface area is 142 Å². The van der Waals surface area contributed by atoms with Crippen LogP contribution in [0, 0.1) is 11.7 Å². The first-order valence-electron chi connectivity index (χ1n) is 7.36. The number of nitrogens with one attached hydrogen (secondary N) is 1. The van der Waals surface area contributed by atoms with Crippen LogP contribution in [-0.2, 0) is 10.5 Å². The molecule has 0 saturated heterocycles. The van der Waals surface area contributed by atoms with Crippen molar-refractivity contribution in [3.8, 4) is 0 Å². The molecule has 4 nitrogen and oxygen atoms in total. The van der Waals surface area contributed by atoms with Crippen LogP contribution in [0.4, 0.5) is 9.52 Å². The predicted octanol–water partition coefficient (Wildman–Crippen LogP) is 4.26. The standard InChI is InChI=1S/C16H16FN3OS2/c17-13-7-5-12(6-8-13)10-22-16-20-19-15(23-16)18-14(21)9-11-3-1-2-4-11/h1,3,5-8,11H,2,4,9-10H2,(H,18,19,21). The molecule has 1 unspecified atom stereocenters. The van der Waals surface area contributed by atoms with Gasteiger partial charge in [-0.3, -0.25) is 4.79 Å². The fraction of sp³-hybridized carbons (Fsp3) is 0.312. The fourth-order valence-electron chi connectivity index (χ4n) is 2.32. The summed E-state index contributed by atoms with van der Waals surface area (Å²) < 4.78 is 13.6. The molecule has 1 aromatic carbocycles. The van der Waals surface area contributed by atoms with E-state index in [4.69, 9.17) is 0 Å². The molecule has 1 aliphatic rings. The minimum Gasteiger partial charge on any atom is -0.300 e. The highest BCUT2D eigenvalue weighted by atomic mass is 32.2. The molecule has 1 N–H and O–H groups in total. The maximum atomic E-state index is 12.8. The Bertz CT molecular complexity index is 700. The Hall–Kier alpha value is -1.73. The lowest BCUT2D eigenvalue weighted by Crippen LogP contribution is -2.14. The minimum absolute atomic E-state index is 0.0206. The summed E-state index contributed by atoms with van der Waals surface area (Å²) in [6.45, 7) is 0. The second-order valence-corrected chi connectivity index (χ2v) is 7.51. The number of thioether (sulfide) groups is 1. The highest BCUT2D eigenvalue weighted by molar-refractivity contribution is 8.00. The molecular weight excluding hydrogens is 333 g/mol. The van der Waals surface area contributed by atoms with Gasteiger partial charge in [-0.1, -0.05) is 47.4 Å². The van der Waals surface area contributed by atoms with Crippen LogP contribution >= 0.6 is 23.1 Å². The Kier molecular flexibility index (Phi) is 5.40. The van der Waals surface area contributed by atoms with Crippen LogP contribution in [0.25, 0.3) is 0 Å². The smallest absolute Gasteiger partial charge is 0.226 e. The number of amides is 1. The van der Waals surface area contributed by atoms with Gasteiger partial charge in [0.15, 0.2) is 4.34 Å². The van der Waals surface area contributed by atoms with Gasteiger partial charge in [-0.15, -0.1) is 10.2 Å². The predicted molar refractivity (Wildman–Crippen MR) is 91.0 cm³/mol. The van der Waals surface area contributed by atoms with Crippen molar-refractivity contribution < 1.29 is 9.18 Å². The lowest BCUT2D eigenvalue weighted by Gasteiger charge is -2.05. The summed E-state index contributed by atoms with van der Waals surface area (Å²) in [7, 11) is 0. The molecule has 0 bridgehead atoms. The Morgan fingerprint density at radius 1 is 1.35 bits per heavy atom.